The minimum atomic E-state index is -0.570. The molecule has 0 fully saturated rings. The van der Waals surface area contributed by atoms with Crippen LogP contribution in [0.1, 0.15) is 16.5 Å². The van der Waals surface area contributed by atoms with Crippen LogP contribution in [-0.4, -0.2) is 5.11 Å². The van der Waals surface area contributed by atoms with Crippen LogP contribution in [0, 0.1) is 0 Å². The Morgan fingerprint density at radius 2 is 2.00 bits per heavy atom. The van der Waals surface area contributed by atoms with E-state index in [1.54, 1.807) is 29.5 Å². The molecule has 0 amide bonds. The second-order valence-corrected chi connectivity index (χ2v) is 6.25. The Bertz CT molecular complexity index is 527. The van der Waals surface area contributed by atoms with E-state index in [4.69, 9.17) is 23.2 Å². The van der Waals surface area contributed by atoms with Crippen molar-refractivity contribution >= 4 is 50.5 Å². The smallest absolute Gasteiger partial charge is 0.0839 e. The Morgan fingerprint density at radius 1 is 1.24 bits per heavy atom. The second-order valence-electron chi connectivity index (χ2n) is 3.59. The maximum Gasteiger partial charge on any atom is 0.0839 e. The Labute approximate surface area is 122 Å². The topological polar surface area (TPSA) is 20.2 Å². The van der Waals surface area contributed by atoms with Crippen LogP contribution < -0.4 is 0 Å². The Hall–Kier alpha value is -0.0600. The lowest BCUT2D eigenvalue weighted by molar-refractivity contribution is 0.179. The highest BCUT2D eigenvalue weighted by molar-refractivity contribution is 9.10. The molecular formula is C12H9BrCl2OS. The normalized spacial score (nSPS) is 12.7. The van der Waals surface area contributed by atoms with Gasteiger partial charge in [0.1, 0.15) is 0 Å². The van der Waals surface area contributed by atoms with Crippen LogP contribution in [-0.2, 0) is 6.42 Å². The van der Waals surface area contributed by atoms with Gasteiger partial charge in [-0.15, -0.1) is 11.3 Å². The molecule has 1 nitrogen and oxygen atoms in total. The van der Waals surface area contributed by atoms with E-state index in [-0.39, 0.29) is 0 Å². The molecule has 0 aliphatic carbocycles. The number of hydrogen-bond donors (Lipinski definition) is 1. The Kier molecular flexibility index (Phi) is 4.50. The molecule has 1 N–H and O–H groups in total. The maximum absolute atomic E-state index is 10.1. The van der Waals surface area contributed by atoms with E-state index in [2.05, 4.69) is 15.9 Å². The van der Waals surface area contributed by atoms with Crippen molar-refractivity contribution in [3.63, 3.8) is 0 Å². The standard InChI is InChI=1S/C12H9BrCl2OS/c13-8-3-4-17-12(8)6-11(16)7-1-2-9(14)10(15)5-7/h1-5,11,16H,6H2. The van der Waals surface area contributed by atoms with Crippen molar-refractivity contribution in [1.29, 1.82) is 0 Å². The van der Waals surface area contributed by atoms with E-state index >= 15 is 0 Å². The molecule has 0 saturated heterocycles. The molecule has 2 aromatic rings. The summed E-state index contributed by atoms with van der Waals surface area (Å²) < 4.78 is 1.03. The number of aliphatic hydroxyl groups is 1. The first kappa shape index (κ1) is 13.4. The summed E-state index contributed by atoms with van der Waals surface area (Å²) in [5.74, 6) is 0. The zero-order valence-corrected chi connectivity index (χ0v) is 12.6. The average Bonchev–Trinajstić information content (AvgIpc) is 2.68. The predicted octanol–water partition coefficient (Wildman–Crippen LogP) is 5.09. The van der Waals surface area contributed by atoms with Crippen LogP contribution in [0.5, 0.6) is 0 Å². The highest BCUT2D eigenvalue weighted by atomic mass is 79.9. The third kappa shape index (κ3) is 3.24. The van der Waals surface area contributed by atoms with E-state index < -0.39 is 6.10 Å². The van der Waals surface area contributed by atoms with Crippen LogP contribution in [0.3, 0.4) is 0 Å². The molecule has 1 atom stereocenters. The maximum atomic E-state index is 10.1. The zero-order chi connectivity index (χ0) is 12.4. The van der Waals surface area contributed by atoms with Crippen molar-refractivity contribution in [3.05, 3.63) is 54.6 Å². The number of hydrogen-bond acceptors (Lipinski definition) is 2. The molecule has 1 aromatic heterocycles. The molecule has 90 valence electrons. The van der Waals surface area contributed by atoms with Crippen LogP contribution >= 0.6 is 50.5 Å². The van der Waals surface area contributed by atoms with Crippen molar-refractivity contribution in [2.45, 2.75) is 12.5 Å². The Morgan fingerprint density at radius 3 is 2.59 bits per heavy atom. The minimum absolute atomic E-state index is 0.466. The van der Waals surface area contributed by atoms with Crippen molar-refractivity contribution in [3.8, 4) is 0 Å². The van der Waals surface area contributed by atoms with Crippen molar-refractivity contribution < 1.29 is 5.11 Å². The van der Waals surface area contributed by atoms with E-state index in [0.717, 1.165) is 14.9 Å². The molecule has 1 unspecified atom stereocenters. The summed E-state index contributed by atoms with van der Waals surface area (Å²) in [4.78, 5) is 1.11. The molecule has 0 radical (unpaired) electrons. The van der Waals surface area contributed by atoms with E-state index in [0.29, 0.717) is 16.5 Å². The molecule has 0 spiro atoms. The van der Waals surface area contributed by atoms with Gasteiger partial charge in [-0.1, -0.05) is 29.3 Å². The summed E-state index contributed by atoms with van der Waals surface area (Å²) in [5, 5.41) is 13.1. The third-order valence-electron chi connectivity index (χ3n) is 2.40. The van der Waals surface area contributed by atoms with Crippen LogP contribution in [0.2, 0.25) is 10.0 Å². The summed E-state index contributed by atoms with van der Waals surface area (Å²) in [7, 11) is 0. The largest absolute Gasteiger partial charge is 0.388 e. The lowest BCUT2D eigenvalue weighted by Crippen LogP contribution is -2.00. The molecule has 0 aliphatic rings. The zero-order valence-electron chi connectivity index (χ0n) is 8.66. The van der Waals surface area contributed by atoms with Gasteiger partial charge in [-0.25, -0.2) is 0 Å². The number of rotatable bonds is 3. The van der Waals surface area contributed by atoms with E-state index in [1.165, 1.54) is 0 Å². The first-order valence-electron chi connectivity index (χ1n) is 4.93. The van der Waals surface area contributed by atoms with Gasteiger partial charge in [-0.05, 0) is 45.1 Å². The average molecular weight is 352 g/mol. The summed E-state index contributed by atoms with van der Waals surface area (Å²) >= 11 is 16.8. The highest BCUT2D eigenvalue weighted by Gasteiger charge is 2.13. The first-order valence-corrected chi connectivity index (χ1v) is 7.35. The minimum Gasteiger partial charge on any atom is -0.388 e. The van der Waals surface area contributed by atoms with Gasteiger partial charge >= 0.3 is 0 Å². The molecule has 17 heavy (non-hydrogen) atoms. The predicted molar refractivity (Wildman–Crippen MR) is 77.1 cm³/mol. The fourth-order valence-corrected chi connectivity index (χ4v) is 3.34. The molecule has 0 aliphatic heterocycles. The van der Waals surface area contributed by atoms with Gasteiger partial charge in [0, 0.05) is 15.8 Å². The number of benzene rings is 1. The number of halogens is 3. The lowest BCUT2D eigenvalue weighted by Gasteiger charge is -2.11. The van der Waals surface area contributed by atoms with Gasteiger partial charge in [-0.3, -0.25) is 0 Å². The van der Waals surface area contributed by atoms with Crippen LogP contribution in [0.25, 0.3) is 0 Å². The first-order chi connectivity index (χ1) is 8.08. The van der Waals surface area contributed by atoms with Gasteiger partial charge in [0.2, 0.25) is 0 Å². The summed E-state index contributed by atoms with van der Waals surface area (Å²) in [6, 6.07) is 7.17. The van der Waals surface area contributed by atoms with Crippen molar-refractivity contribution in [1.82, 2.24) is 0 Å². The van der Waals surface area contributed by atoms with Gasteiger partial charge in [-0.2, -0.15) is 0 Å². The SMILES string of the molecule is OC(Cc1sccc1Br)c1ccc(Cl)c(Cl)c1. The summed E-state index contributed by atoms with van der Waals surface area (Å²) in [5.41, 5.74) is 0.778. The van der Waals surface area contributed by atoms with E-state index in [9.17, 15) is 5.11 Å². The second kappa shape index (κ2) is 5.72. The van der Waals surface area contributed by atoms with Crippen LogP contribution in [0.4, 0.5) is 0 Å². The van der Waals surface area contributed by atoms with Crippen molar-refractivity contribution in [2.24, 2.45) is 0 Å². The van der Waals surface area contributed by atoms with Gasteiger partial charge in [0.15, 0.2) is 0 Å². The lowest BCUT2D eigenvalue weighted by atomic mass is 10.1. The number of thiophene rings is 1. The quantitative estimate of drug-likeness (QED) is 0.816. The Balaban J connectivity index is 2.17. The van der Waals surface area contributed by atoms with Gasteiger partial charge < -0.3 is 5.11 Å². The fourth-order valence-electron chi connectivity index (χ4n) is 1.48. The highest BCUT2D eigenvalue weighted by Crippen LogP contribution is 2.30. The monoisotopic (exact) mass is 350 g/mol. The van der Waals surface area contributed by atoms with Gasteiger partial charge in [0.05, 0.1) is 16.1 Å². The third-order valence-corrected chi connectivity index (χ3v) is 5.09. The molecule has 5 heteroatoms. The fraction of sp³-hybridized carbons (Fsp3) is 0.167. The molecule has 0 bridgehead atoms. The molecule has 1 heterocycles. The summed E-state index contributed by atoms with van der Waals surface area (Å²) in [6.45, 7) is 0. The van der Waals surface area contributed by atoms with Crippen LogP contribution in [0.15, 0.2) is 34.1 Å². The van der Waals surface area contributed by atoms with Gasteiger partial charge in [0.25, 0.3) is 0 Å². The van der Waals surface area contributed by atoms with Crippen molar-refractivity contribution in [2.75, 3.05) is 0 Å². The molecule has 0 saturated carbocycles. The van der Waals surface area contributed by atoms with E-state index in [1.807, 2.05) is 11.4 Å². The summed E-state index contributed by atoms with van der Waals surface area (Å²) in [6.07, 6.45) is -0.00402. The molecular weight excluding hydrogens is 343 g/mol. The molecule has 1 aromatic carbocycles. The number of aliphatic hydroxyl groups excluding tert-OH is 1. The molecule has 2 rings (SSSR count).